The molecule has 0 spiro atoms. The van der Waals surface area contributed by atoms with Gasteiger partial charge in [-0.15, -0.1) is 0 Å². The van der Waals surface area contributed by atoms with Crippen LogP contribution in [0.15, 0.2) is 36.4 Å². The molecule has 1 aromatic carbocycles. The second-order valence-electron chi connectivity index (χ2n) is 4.05. The fourth-order valence-corrected chi connectivity index (χ4v) is 1.66. The maximum absolute atomic E-state index is 11.8. The van der Waals surface area contributed by atoms with Gasteiger partial charge < -0.3 is 10.4 Å². The van der Waals surface area contributed by atoms with Crippen molar-refractivity contribution >= 4 is 17.7 Å². The van der Waals surface area contributed by atoms with Crippen LogP contribution in [0.3, 0.4) is 0 Å². The molecule has 0 saturated carbocycles. The zero-order chi connectivity index (χ0) is 13.8. The topological polar surface area (TPSA) is 84.2 Å². The number of carbonyl (C=O) groups is 2. The van der Waals surface area contributed by atoms with E-state index in [0.29, 0.717) is 5.82 Å². The minimum Gasteiger partial charge on any atom is -0.476 e. The molecule has 1 amide bonds. The molecular formula is C13H13N3O3. The number of carbonyl (C=O) groups excluding carboxylic acids is 1. The molecule has 19 heavy (non-hydrogen) atoms. The van der Waals surface area contributed by atoms with Crippen LogP contribution in [0.4, 0.5) is 5.82 Å². The molecule has 6 nitrogen and oxygen atoms in total. The van der Waals surface area contributed by atoms with E-state index in [1.165, 1.54) is 10.7 Å². The molecule has 0 saturated heterocycles. The van der Waals surface area contributed by atoms with E-state index in [1.54, 1.807) is 7.05 Å². The van der Waals surface area contributed by atoms with Crippen molar-refractivity contribution in [2.75, 3.05) is 5.32 Å². The SMILES string of the molecule is Cn1nc(C(=O)O)cc1NC(=O)Cc1ccccc1. The van der Waals surface area contributed by atoms with E-state index in [0.717, 1.165) is 5.56 Å². The standard InChI is InChI=1S/C13H13N3O3/c1-16-11(8-10(15-16)13(18)19)14-12(17)7-9-5-3-2-4-6-9/h2-6,8H,7H2,1H3,(H,14,17)(H,18,19). The summed E-state index contributed by atoms with van der Waals surface area (Å²) in [5.74, 6) is -0.983. The van der Waals surface area contributed by atoms with Gasteiger partial charge in [-0.1, -0.05) is 30.3 Å². The van der Waals surface area contributed by atoms with Crippen molar-refractivity contribution in [2.45, 2.75) is 6.42 Å². The molecule has 98 valence electrons. The van der Waals surface area contributed by atoms with Gasteiger partial charge in [-0.2, -0.15) is 5.10 Å². The van der Waals surface area contributed by atoms with Crippen LogP contribution in [0.5, 0.6) is 0 Å². The number of hydrogen-bond donors (Lipinski definition) is 2. The Kier molecular flexibility index (Phi) is 3.61. The number of amides is 1. The van der Waals surface area contributed by atoms with Gasteiger partial charge in [0.1, 0.15) is 5.82 Å². The van der Waals surface area contributed by atoms with E-state index in [4.69, 9.17) is 5.11 Å². The number of anilines is 1. The van der Waals surface area contributed by atoms with Crippen LogP contribution in [0, 0.1) is 0 Å². The zero-order valence-electron chi connectivity index (χ0n) is 10.3. The van der Waals surface area contributed by atoms with E-state index < -0.39 is 5.97 Å². The molecule has 0 radical (unpaired) electrons. The third-order valence-electron chi connectivity index (χ3n) is 2.57. The Morgan fingerprint density at radius 3 is 2.58 bits per heavy atom. The number of aromatic nitrogens is 2. The van der Waals surface area contributed by atoms with Crippen molar-refractivity contribution in [3.8, 4) is 0 Å². The number of carboxylic acids is 1. The van der Waals surface area contributed by atoms with Crippen molar-refractivity contribution in [1.29, 1.82) is 0 Å². The first kappa shape index (κ1) is 12.8. The summed E-state index contributed by atoms with van der Waals surface area (Å²) in [6.07, 6.45) is 0.231. The molecule has 2 N–H and O–H groups in total. The van der Waals surface area contributed by atoms with E-state index in [2.05, 4.69) is 10.4 Å². The lowest BCUT2D eigenvalue weighted by Crippen LogP contribution is -2.16. The monoisotopic (exact) mass is 259 g/mol. The van der Waals surface area contributed by atoms with Crippen molar-refractivity contribution in [3.05, 3.63) is 47.7 Å². The number of benzene rings is 1. The van der Waals surface area contributed by atoms with Gasteiger partial charge in [-0.05, 0) is 5.56 Å². The highest BCUT2D eigenvalue weighted by Crippen LogP contribution is 2.10. The first-order chi connectivity index (χ1) is 9.06. The lowest BCUT2D eigenvalue weighted by molar-refractivity contribution is -0.115. The Hall–Kier alpha value is -2.63. The summed E-state index contributed by atoms with van der Waals surface area (Å²) in [6.45, 7) is 0. The molecule has 1 heterocycles. The smallest absolute Gasteiger partial charge is 0.356 e. The minimum absolute atomic E-state index is 0.0995. The van der Waals surface area contributed by atoms with Gasteiger partial charge in [-0.3, -0.25) is 9.48 Å². The van der Waals surface area contributed by atoms with Crippen LogP contribution >= 0.6 is 0 Å². The number of hydrogen-bond acceptors (Lipinski definition) is 3. The van der Waals surface area contributed by atoms with Gasteiger partial charge in [0, 0.05) is 13.1 Å². The third kappa shape index (κ3) is 3.19. The molecule has 0 atom stereocenters. The molecule has 0 fully saturated rings. The number of nitrogens with zero attached hydrogens (tertiary/aromatic N) is 2. The van der Waals surface area contributed by atoms with E-state index in [1.807, 2.05) is 30.3 Å². The molecule has 0 aliphatic heterocycles. The molecule has 0 unspecified atom stereocenters. The van der Waals surface area contributed by atoms with Gasteiger partial charge >= 0.3 is 5.97 Å². The molecule has 2 aromatic rings. The second kappa shape index (κ2) is 5.34. The van der Waals surface area contributed by atoms with Gasteiger partial charge in [0.2, 0.25) is 5.91 Å². The van der Waals surface area contributed by atoms with Crippen molar-refractivity contribution < 1.29 is 14.7 Å². The predicted octanol–water partition coefficient (Wildman–Crippen LogP) is 1.30. The Morgan fingerprint density at radius 1 is 1.32 bits per heavy atom. The summed E-state index contributed by atoms with van der Waals surface area (Å²) in [4.78, 5) is 22.6. The molecule has 2 rings (SSSR count). The summed E-state index contributed by atoms with van der Waals surface area (Å²) in [6, 6.07) is 10.6. The Labute approximate surface area is 109 Å². The fourth-order valence-electron chi connectivity index (χ4n) is 1.66. The maximum Gasteiger partial charge on any atom is 0.356 e. The van der Waals surface area contributed by atoms with Crippen LogP contribution < -0.4 is 5.32 Å². The lowest BCUT2D eigenvalue weighted by Gasteiger charge is -2.04. The van der Waals surface area contributed by atoms with E-state index in [-0.39, 0.29) is 18.0 Å². The van der Waals surface area contributed by atoms with Crippen molar-refractivity contribution in [3.63, 3.8) is 0 Å². The van der Waals surface area contributed by atoms with Crippen molar-refractivity contribution in [1.82, 2.24) is 9.78 Å². The van der Waals surface area contributed by atoms with Crippen LogP contribution in [0.1, 0.15) is 16.1 Å². The summed E-state index contributed by atoms with van der Waals surface area (Å²) in [7, 11) is 1.57. The van der Waals surface area contributed by atoms with Crippen LogP contribution in [0.25, 0.3) is 0 Å². The molecule has 0 bridgehead atoms. The Morgan fingerprint density at radius 2 is 2.00 bits per heavy atom. The quantitative estimate of drug-likeness (QED) is 0.866. The Balaban J connectivity index is 2.05. The van der Waals surface area contributed by atoms with E-state index >= 15 is 0 Å². The summed E-state index contributed by atoms with van der Waals surface area (Å²) in [5.41, 5.74) is 0.790. The molecular weight excluding hydrogens is 246 g/mol. The van der Waals surface area contributed by atoms with Crippen LogP contribution in [-0.4, -0.2) is 26.8 Å². The predicted molar refractivity (Wildman–Crippen MR) is 68.9 cm³/mol. The average molecular weight is 259 g/mol. The number of nitrogens with one attached hydrogen (secondary N) is 1. The van der Waals surface area contributed by atoms with Crippen molar-refractivity contribution in [2.24, 2.45) is 7.05 Å². The number of carboxylic acid groups (broad SMARTS) is 1. The van der Waals surface area contributed by atoms with Gasteiger partial charge in [-0.25, -0.2) is 4.79 Å². The summed E-state index contributed by atoms with van der Waals surface area (Å²) < 4.78 is 1.33. The number of aryl methyl sites for hydroxylation is 1. The zero-order valence-corrected chi connectivity index (χ0v) is 10.3. The maximum atomic E-state index is 11.8. The Bertz CT molecular complexity index is 605. The van der Waals surface area contributed by atoms with Gasteiger partial charge in [0.05, 0.1) is 6.42 Å². The van der Waals surface area contributed by atoms with Crippen LogP contribution in [-0.2, 0) is 18.3 Å². The number of rotatable bonds is 4. The summed E-state index contributed by atoms with van der Waals surface area (Å²) in [5, 5.41) is 15.2. The highest BCUT2D eigenvalue weighted by molar-refractivity contribution is 5.93. The summed E-state index contributed by atoms with van der Waals surface area (Å²) >= 11 is 0. The van der Waals surface area contributed by atoms with E-state index in [9.17, 15) is 9.59 Å². The van der Waals surface area contributed by atoms with Crippen LogP contribution in [0.2, 0.25) is 0 Å². The first-order valence-electron chi connectivity index (χ1n) is 5.67. The molecule has 6 heteroatoms. The minimum atomic E-state index is -1.13. The first-order valence-corrected chi connectivity index (χ1v) is 5.67. The molecule has 0 aliphatic rings. The number of aromatic carboxylic acids is 1. The average Bonchev–Trinajstić information content (AvgIpc) is 2.72. The molecule has 1 aromatic heterocycles. The largest absolute Gasteiger partial charge is 0.476 e. The van der Waals surface area contributed by atoms with Gasteiger partial charge in [0.15, 0.2) is 5.69 Å². The lowest BCUT2D eigenvalue weighted by atomic mass is 10.1. The fraction of sp³-hybridized carbons (Fsp3) is 0.154. The van der Waals surface area contributed by atoms with Gasteiger partial charge in [0.25, 0.3) is 0 Å². The highest BCUT2D eigenvalue weighted by Gasteiger charge is 2.13. The molecule has 0 aliphatic carbocycles. The normalized spacial score (nSPS) is 10.2. The highest BCUT2D eigenvalue weighted by atomic mass is 16.4. The third-order valence-corrected chi connectivity index (χ3v) is 2.57. The second-order valence-corrected chi connectivity index (χ2v) is 4.05.